The number of likely N-dealkylation sites (tertiary alicyclic amines) is 2. The van der Waals surface area contributed by atoms with Gasteiger partial charge in [0.2, 0.25) is 5.91 Å². The predicted molar refractivity (Wildman–Crippen MR) is 106 cm³/mol. The first-order valence-corrected chi connectivity index (χ1v) is 10.4. The van der Waals surface area contributed by atoms with Gasteiger partial charge in [0.15, 0.2) is 0 Å². The van der Waals surface area contributed by atoms with E-state index in [4.69, 9.17) is 4.74 Å². The van der Waals surface area contributed by atoms with E-state index >= 15 is 0 Å². The van der Waals surface area contributed by atoms with E-state index in [0.717, 1.165) is 57.6 Å². The van der Waals surface area contributed by atoms with Crippen molar-refractivity contribution in [2.24, 2.45) is 0 Å². The molecule has 4 nitrogen and oxygen atoms in total. The zero-order chi connectivity index (χ0) is 18.4. The molecule has 0 aliphatic carbocycles. The van der Waals surface area contributed by atoms with Gasteiger partial charge in [-0.2, -0.15) is 0 Å². The molecule has 2 aliphatic rings. The minimum atomic E-state index is 0.269. The first-order valence-electron chi connectivity index (χ1n) is 10.4. The number of piperidine rings is 1. The fourth-order valence-electron chi connectivity index (χ4n) is 3.95. The molecule has 0 bridgehead atoms. The van der Waals surface area contributed by atoms with Gasteiger partial charge < -0.3 is 9.64 Å². The molecule has 2 aliphatic heterocycles. The van der Waals surface area contributed by atoms with Crippen molar-refractivity contribution in [3.63, 3.8) is 0 Å². The highest BCUT2D eigenvalue weighted by Crippen LogP contribution is 2.22. The van der Waals surface area contributed by atoms with Crippen LogP contribution >= 0.6 is 0 Å². The molecule has 26 heavy (non-hydrogen) atoms. The molecule has 2 saturated heterocycles. The third-order valence-corrected chi connectivity index (χ3v) is 5.88. The van der Waals surface area contributed by atoms with Crippen LogP contribution < -0.4 is 4.74 Å². The molecule has 0 N–H and O–H groups in total. The molecule has 1 aromatic carbocycles. The average molecular weight is 359 g/mol. The normalized spacial score (nSPS) is 20.5. The van der Waals surface area contributed by atoms with E-state index in [0.29, 0.717) is 12.5 Å². The van der Waals surface area contributed by atoms with E-state index in [1.807, 2.05) is 0 Å². The fraction of sp³-hybridized carbons (Fsp3) is 0.682. The predicted octanol–water partition coefficient (Wildman–Crippen LogP) is 3.94. The minimum absolute atomic E-state index is 0.269. The molecule has 0 unspecified atom stereocenters. The summed E-state index contributed by atoms with van der Waals surface area (Å²) in [4.78, 5) is 17.0. The highest BCUT2D eigenvalue weighted by atomic mass is 16.5. The van der Waals surface area contributed by atoms with Crippen LogP contribution in [0.3, 0.4) is 0 Å². The molecule has 4 heteroatoms. The van der Waals surface area contributed by atoms with Crippen molar-refractivity contribution >= 4 is 5.91 Å². The number of aryl methyl sites for hydroxylation is 2. The van der Waals surface area contributed by atoms with Crippen molar-refractivity contribution in [2.45, 2.75) is 64.9 Å². The van der Waals surface area contributed by atoms with Crippen LogP contribution in [-0.2, 0) is 4.79 Å². The first-order chi connectivity index (χ1) is 12.6. The Bertz CT molecular complexity index is 586. The van der Waals surface area contributed by atoms with Gasteiger partial charge in [-0.25, -0.2) is 0 Å². The zero-order valence-corrected chi connectivity index (χ0v) is 16.5. The van der Waals surface area contributed by atoms with E-state index in [9.17, 15) is 4.79 Å². The van der Waals surface area contributed by atoms with E-state index in [1.54, 1.807) is 0 Å². The van der Waals surface area contributed by atoms with Gasteiger partial charge in [-0.3, -0.25) is 9.69 Å². The molecule has 1 amide bonds. The molecule has 0 aromatic heterocycles. The molecular weight excluding hydrogens is 324 g/mol. The number of benzene rings is 1. The smallest absolute Gasteiger partial charge is 0.236 e. The molecule has 1 aromatic rings. The maximum absolute atomic E-state index is 12.6. The third kappa shape index (κ3) is 5.47. The Morgan fingerprint density at radius 3 is 2.27 bits per heavy atom. The molecule has 0 spiro atoms. The quantitative estimate of drug-likeness (QED) is 0.817. The number of hydrogen-bond donors (Lipinski definition) is 0. The molecule has 2 fully saturated rings. The van der Waals surface area contributed by atoms with Gasteiger partial charge in [0.1, 0.15) is 11.9 Å². The summed E-state index contributed by atoms with van der Waals surface area (Å²) in [6.45, 7) is 8.64. The number of rotatable bonds is 4. The summed E-state index contributed by atoms with van der Waals surface area (Å²) in [7, 11) is 0. The molecule has 0 saturated carbocycles. The van der Waals surface area contributed by atoms with Crippen LogP contribution in [0.15, 0.2) is 18.2 Å². The maximum atomic E-state index is 12.6. The third-order valence-electron chi connectivity index (χ3n) is 5.88. The Kier molecular flexibility index (Phi) is 6.95. The van der Waals surface area contributed by atoms with Crippen LogP contribution in [0.5, 0.6) is 5.75 Å². The van der Waals surface area contributed by atoms with Crippen molar-refractivity contribution in [3.8, 4) is 5.75 Å². The van der Waals surface area contributed by atoms with Crippen molar-refractivity contribution in [1.82, 2.24) is 9.80 Å². The lowest BCUT2D eigenvalue weighted by Gasteiger charge is -2.33. The lowest BCUT2D eigenvalue weighted by atomic mass is 10.1. The Hall–Kier alpha value is -1.55. The molecule has 0 atom stereocenters. The second kappa shape index (κ2) is 9.40. The minimum Gasteiger partial charge on any atom is -0.490 e. The number of nitrogens with zero attached hydrogens (tertiary/aromatic N) is 2. The van der Waals surface area contributed by atoms with Crippen molar-refractivity contribution in [1.29, 1.82) is 0 Å². The second-order valence-corrected chi connectivity index (χ2v) is 7.99. The van der Waals surface area contributed by atoms with Gasteiger partial charge >= 0.3 is 0 Å². The monoisotopic (exact) mass is 358 g/mol. The van der Waals surface area contributed by atoms with Crippen LogP contribution in [-0.4, -0.2) is 54.5 Å². The molecule has 144 valence electrons. The van der Waals surface area contributed by atoms with Gasteiger partial charge in [-0.05, 0) is 62.8 Å². The van der Waals surface area contributed by atoms with Crippen molar-refractivity contribution < 1.29 is 9.53 Å². The van der Waals surface area contributed by atoms with Gasteiger partial charge in [0, 0.05) is 26.2 Å². The standard InChI is InChI=1S/C22H34N2O2/c1-18-8-9-21(16-19(18)2)26-20-10-14-23(15-11-20)17-22(25)24-12-6-4-3-5-7-13-24/h8-9,16,20H,3-7,10-15,17H2,1-2H3. The van der Waals surface area contributed by atoms with Gasteiger partial charge in [0.25, 0.3) is 0 Å². The van der Waals surface area contributed by atoms with E-state index in [1.165, 1.54) is 30.4 Å². The Labute approximate surface area is 158 Å². The number of hydrogen-bond acceptors (Lipinski definition) is 3. The van der Waals surface area contributed by atoms with Gasteiger partial charge in [-0.15, -0.1) is 0 Å². The van der Waals surface area contributed by atoms with Gasteiger partial charge in [0.05, 0.1) is 6.54 Å². The zero-order valence-electron chi connectivity index (χ0n) is 16.5. The number of carbonyl (C=O) groups is 1. The summed E-state index contributed by atoms with van der Waals surface area (Å²) in [5.41, 5.74) is 2.58. The van der Waals surface area contributed by atoms with Crippen LogP contribution in [0.4, 0.5) is 0 Å². The first kappa shape index (κ1) is 19.2. The topological polar surface area (TPSA) is 32.8 Å². The molecule has 3 rings (SSSR count). The lowest BCUT2D eigenvalue weighted by Crippen LogP contribution is -2.45. The van der Waals surface area contributed by atoms with Crippen LogP contribution in [0.25, 0.3) is 0 Å². The summed E-state index contributed by atoms with van der Waals surface area (Å²) in [5.74, 6) is 1.30. The summed E-state index contributed by atoms with van der Waals surface area (Å²) in [6, 6.07) is 6.33. The number of ether oxygens (including phenoxy) is 1. The summed E-state index contributed by atoms with van der Waals surface area (Å²) < 4.78 is 6.17. The Morgan fingerprint density at radius 2 is 1.62 bits per heavy atom. The second-order valence-electron chi connectivity index (χ2n) is 7.99. The molecule has 2 heterocycles. The summed E-state index contributed by atoms with van der Waals surface area (Å²) >= 11 is 0. The summed E-state index contributed by atoms with van der Waals surface area (Å²) in [5, 5.41) is 0. The van der Waals surface area contributed by atoms with Crippen molar-refractivity contribution in [2.75, 3.05) is 32.7 Å². The number of amides is 1. The van der Waals surface area contributed by atoms with Crippen LogP contribution in [0.1, 0.15) is 56.1 Å². The SMILES string of the molecule is Cc1ccc(OC2CCN(CC(=O)N3CCCCCCC3)CC2)cc1C. The highest BCUT2D eigenvalue weighted by molar-refractivity contribution is 5.78. The summed E-state index contributed by atoms with van der Waals surface area (Å²) in [6.07, 6.45) is 8.46. The van der Waals surface area contributed by atoms with E-state index in [2.05, 4.69) is 41.8 Å². The maximum Gasteiger partial charge on any atom is 0.236 e. The Balaban J connectivity index is 1.42. The number of carbonyl (C=O) groups excluding carboxylic acids is 1. The fourth-order valence-corrected chi connectivity index (χ4v) is 3.95. The molecule has 0 radical (unpaired) electrons. The average Bonchev–Trinajstić information content (AvgIpc) is 2.59. The van der Waals surface area contributed by atoms with Crippen molar-refractivity contribution in [3.05, 3.63) is 29.3 Å². The lowest BCUT2D eigenvalue weighted by molar-refractivity contribution is -0.133. The largest absolute Gasteiger partial charge is 0.490 e. The molecular formula is C22H34N2O2. The highest BCUT2D eigenvalue weighted by Gasteiger charge is 2.24. The Morgan fingerprint density at radius 1 is 0.962 bits per heavy atom. The van der Waals surface area contributed by atoms with E-state index in [-0.39, 0.29) is 6.10 Å². The van der Waals surface area contributed by atoms with E-state index < -0.39 is 0 Å². The van der Waals surface area contributed by atoms with Crippen LogP contribution in [0, 0.1) is 13.8 Å². The van der Waals surface area contributed by atoms with Gasteiger partial charge in [-0.1, -0.05) is 25.3 Å². The van der Waals surface area contributed by atoms with Crippen LogP contribution in [0.2, 0.25) is 0 Å².